The van der Waals surface area contributed by atoms with E-state index in [1.807, 2.05) is 19.0 Å². The third-order valence-electron chi connectivity index (χ3n) is 5.53. The molecule has 0 N–H and O–H groups in total. The second-order valence-electron chi connectivity index (χ2n) is 7.74. The van der Waals surface area contributed by atoms with Crippen LogP contribution in [0.15, 0.2) is 18.2 Å². The average molecular weight is 415 g/mol. The van der Waals surface area contributed by atoms with E-state index in [9.17, 15) is 13.2 Å². The highest BCUT2D eigenvalue weighted by atomic mass is 35.5. The van der Waals surface area contributed by atoms with E-state index < -0.39 is 20.9 Å². The Bertz CT molecular complexity index is 864. The number of rotatable bonds is 4. The van der Waals surface area contributed by atoms with Gasteiger partial charge in [-0.1, -0.05) is 17.7 Å². The van der Waals surface area contributed by atoms with Crippen LogP contribution in [0.3, 0.4) is 0 Å². The second-order valence-corrected chi connectivity index (χ2v) is 10.2. The molecule has 148 valence electrons. The molecule has 0 radical (unpaired) electrons. The molecule has 1 spiro atoms. The first-order valence-corrected chi connectivity index (χ1v) is 10.8. The number of sulfonamides is 1. The van der Waals surface area contributed by atoms with Crippen LogP contribution in [-0.2, 0) is 14.8 Å². The molecular weight excluding hydrogens is 392 g/mol. The zero-order chi connectivity index (χ0) is 19.4. The monoisotopic (exact) mass is 414 g/mol. The minimum absolute atomic E-state index is 0.241. The molecule has 2 bridgehead atoms. The van der Waals surface area contributed by atoms with Crippen molar-refractivity contribution in [3.63, 3.8) is 0 Å². The SMILES string of the molecule is CN(C)CCN1CC23CN(C(=O)c4cccc(Cl)n4)C[C@@H](C[C@@H]2S1(=O)=O)O3. The van der Waals surface area contributed by atoms with E-state index in [0.29, 0.717) is 26.1 Å². The maximum Gasteiger partial charge on any atom is 0.272 e. The number of likely N-dealkylation sites (tertiary alicyclic amines) is 1. The van der Waals surface area contributed by atoms with Crippen LogP contribution in [0.1, 0.15) is 16.9 Å². The molecule has 3 saturated heterocycles. The van der Waals surface area contributed by atoms with Crippen molar-refractivity contribution in [3.05, 3.63) is 29.0 Å². The molecule has 0 saturated carbocycles. The predicted octanol–water partition coefficient (Wildman–Crippen LogP) is 0.294. The number of pyridine rings is 1. The van der Waals surface area contributed by atoms with Gasteiger partial charge in [0, 0.05) is 26.2 Å². The quantitative estimate of drug-likeness (QED) is 0.659. The molecule has 1 unspecified atom stereocenters. The van der Waals surface area contributed by atoms with Crippen molar-refractivity contribution in [3.8, 4) is 0 Å². The lowest BCUT2D eigenvalue weighted by Crippen LogP contribution is -2.56. The molecule has 8 nitrogen and oxygen atoms in total. The van der Waals surface area contributed by atoms with Gasteiger partial charge in [0.25, 0.3) is 5.91 Å². The van der Waals surface area contributed by atoms with Crippen LogP contribution >= 0.6 is 11.6 Å². The van der Waals surface area contributed by atoms with Gasteiger partial charge in [-0.2, -0.15) is 4.31 Å². The zero-order valence-electron chi connectivity index (χ0n) is 15.3. The van der Waals surface area contributed by atoms with E-state index in [-0.39, 0.29) is 35.9 Å². The molecule has 0 aromatic carbocycles. The fourth-order valence-electron chi connectivity index (χ4n) is 4.31. The molecule has 1 aromatic heterocycles. The lowest BCUT2D eigenvalue weighted by Gasteiger charge is -2.39. The van der Waals surface area contributed by atoms with E-state index in [1.165, 1.54) is 4.31 Å². The molecule has 3 fully saturated rings. The standard InChI is InChI=1S/C17H23ClN4O4S/c1-20(2)6-7-22-11-17-10-21(16(23)13-4-3-5-15(18)19-13)9-12(26-17)8-14(17)27(22,24)25/h3-5,12,14H,6-11H2,1-2H3/t12-,14+,17?/m1/s1. The number of carbonyl (C=O) groups is 1. The van der Waals surface area contributed by atoms with Crippen molar-refractivity contribution in [1.82, 2.24) is 19.1 Å². The summed E-state index contributed by atoms with van der Waals surface area (Å²) >= 11 is 5.91. The summed E-state index contributed by atoms with van der Waals surface area (Å²) in [6.45, 7) is 1.97. The summed E-state index contributed by atoms with van der Waals surface area (Å²) in [5, 5.41) is -0.339. The maximum atomic E-state index is 13.0. The molecule has 3 aliphatic heterocycles. The van der Waals surface area contributed by atoms with Crippen LogP contribution in [-0.4, -0.2) is 97.2 Å². The largest absolute Gasteiger partial charge is 0.365 e. The van der Waals surface area contributed by atoms with Crippen LogP contribution in [0.2, 0.25) is 5.15 Å². The Balaban J connectivity index is 1.57. The van der Waals surface area contributed by atoms with E-state index >= 15 is 0 Å². The Hall–Kier alpha value is -1.26. The van der Waals surface area contributed by atoms with Gasteiger partial charge in [0.1, 0.15) is 21.7 Å². The topological polar surface area (TPSA) is 83.0 Å². The van der Waals surface area contributed by atoms with E-state index in [0.717, 1.165) is 0 Å². The maximum absolute atomic E-state index is 13.0. The van der Waals surface area contributed by atoms with Crippen molar-refractivity contribution < 1.29 is 17.9 Å². The molecule has 1 aromatic rings. The van der Waals surface area contributed by atoms with Crippen LogP contribution in [0.4, 0.5) is 0 Å². The average Bonchev–Trinajstić information content (AvgIpc) is 2.98. The number of nitrogens with zero attached hydrogens (tertiary/aromatic N) is 4. The molecule has 0 aliphatic carbocycles. The molecule has 27 heavy (non-hydrogen) atoms. The molecule has 4 heterocycles. The summed E-state index contributed by atoms with van der Waals surface area (Å²) < 4.78 is 33.7. The van der Waals surface area contributed by atoms with E-state index in [2.05, 4.69) is 4.98 Å². The Labute approximate surface area is 164 Å². The minimum Gasteiger partial charge on any atom is -0.365 e. The van der Waals surface area contributed by atoms with Gasteiger partial charge in [0.05, 0.1) is 12.6 Å². The number of fused-ring (bicyclic) bond motifs is 1. The Morgan fingerprint density at radius 2 is 2.19 bits per heavy atom. The molecule has 3 atom stereocenters. The number of amides is 1. The highest BCUT2D eigenvalue weighted by Gasteiger charge is 2.65. The van der Waals surface area contributed by atoms with Gasteiger partial charge in [0.2, 0.25) is 10.0 Å². The van der Waals surface area contributed by atoms with Crippen LogP contribution in [0.25, 0.3) is 0 Å². The first-order valence-electron chi connectivity index (χ1n) is 8.95. The number of halogens is 1. The fourth-order valence-corrected chi connectivity index (χ4v) is 6.77. The zero-order valence-corrected chi connectivity index (χ0v) is 16.9. The smallest absolute Gasteiger partial charge is 0.272 e. The van der Waals surface area contributed by atoms with Crippen LogP contribution in [0.5, 0.6) is 0 Å². The molecule has 3 aliphatic rings. The number of aromatic nitrogens is 1. The van der Waals surface area contributed by atoms with Crippen LogP contribution < -0.4 is 0 Å². The van der Waals surface area contributed by atoms with Gasteiger partial charge in [-0.3, -0.25) is 4.79 Å². The van der Waals surface area contributed by atoms with Gasteiger partial charge >= 0.3 is 0 Å². The van der Waals surface area contributed by atoms with Crippen molar-refractivity contribution in [1.29, 1.82) is 0 Å². The Kier molecular flexibility index (Phi) is 4.71. The number of morpholine rings is 1. The summed E-state index contributed by atoms with van der Waals surface area (Å²) in [5.74, 6) is -0.241. The van der Waals surface area contributed by atoms with Gasteiger partial charge < -0.3 is 14.5 Å². The minimum atomic E-state index is -3.44. The third-order valence-corrected chi connectivity index (χ3v) is 8.11. The molecule has 4 rings (SSSR count). The van der Waals surface area contributed by atoms with Gasteiger partial charge in [-0.15, -0.1) is 0 Å². The summed E-state index contributed by atoms with van der Waals surface area (Å²) in [6.07, 6.45) is 0.158. The first kappa shape index (κ1) is 19.1. The normalized spacial score (nSPS) is 32.1. The van der Waals surface area contributed by atoms with Gasteiger partial charge in [-0.05, 0) is 32.6 Å². The Morgan fingerprint density at radius 3 is 2.89 bits per heavy atom. The summed E-state index contributed by atoms with van der Waals surface area (Å²) in [6, 6.07) is 4.92. The number of likely N-dealkylation sites (N-methyl/N-ethyl adjacent to an activating group) is 1. The predicted molar refractivity (Wildman–Crippen MR) is 100 cm³/mol. The molecular formula is C17H23ClN4O4S. The highest BCUT2D eigenvalue weighted by Crippen LogP contribution is 2.46. The lowest BCUT2D eigenvalue weighted by atomic mass is 9.99. The van der Waals surface area contributed by atoms with Crippen molar-refractivity contribution in [2.75, 3.05) is 46.8 Å². The Morgan fingerprint density at radius 1 is 1.41 bits per heavy atom. The van der Waals surface area contributed by atoms with Gasteiger partial charge in [0.15, 0.2) is 0 Å². The lowest BCUT2D eigenvalue weighted by molar-refractivity contribution is -0.0978. The number of ether oxygens (including phenoxy) is 1. The number of carbonyl (C=O) groups excluding carboxylic acids is 1. The summed E-state index contributed by atoms with van der Waals surface area (Å²) in [5.41, 5.74) is -0.593. The number of hydrogen-bond donors (Lipinski definition) is 0. The van der Waals surface area contributed by atoms with Crippen molar-refractivity contribution in [2.24, 2.45) is 0 Å². The molecule has 10 heteroatoms. The van der Waals surface area contributed by atoms with Gasteiger partial charge in [-0.25, -0.2) is 13.4 Å². The van der Waals surface area contributed by atoms with Crippen LogP contribution in [0, 0.1) is 0 Å². The van der Waals surface area contributed by atoms with E-state index in [1.54, 1.807) is 23.1 Å². The highest BCUT2D eigenvalue weighted by molar-refractivity contribution is 7.90. The van der Waals surface area contributed by atoms with E-state index in [4.69, 9.17) is 16.3 Å². The molecule has 1 amide bonds. The summed E-state index contributed by atoms with van der Waals surface area (Å²) in [7, 11) is 0.383. The summed E-state index contributed by atoms with van der Waals surface area (Å²) in [4.78, 5) is 20.6. The number of hydrogen-bond acceptors (Lipinski definition) is 6. The second kappa shape index (κ2) is 6.66. The first-order chi connectivity index (χ1) is 12.7. The van der Waals surface area contributed by atoms with Crippen molar-refractivity contribution in [2.45, 2.75) is 23.4 Å². The van der Waals surface area contributed by atoms with Crippen molar-refractivity contribution >= 4 is 27.5 Å². The fraction of sp³-hybridized carbons (Fsp3) is 0.647. The third kappa shape index (κ3) is 3.25.